The predicted octanol–water partition coefficient (Wildman–Crippen LogP) is 2.68. The van der Waals surface area contributed by atoms with Gasteiger partial charge in [0.2, 0.25) is 9.84 Å². The normalized spacial score (nSPS) is 11.7. The second kappa shape index (κ2) is 7.52. The highest BCUT2D eigenvalue weighted by molar-refractivity contribution is 7.91. The number of benzene rings is 2. The Morgan fingerprint density at radius 1 is 1.00 bits per heavy atom. The molecule has 124 valence electrons. The van der Waals surface area contributed by atoms with Gasteiger partial charge in [-0.3, -0.25) is 0 Å². The Morgan fingerprint density at radius 2 is 1.61 bits per heavy atom. The standard InChI is InChI=1S/C16H17F2NO3S/c17-16(18)23(21,22)15-8-6-13(7-9-15)12-19(10-11-20)14-4-2-1-3-5-14/h1-9,16,20H,10-12H2. The molecular formula is C16H17F2NO3S. The lowest BCUT2D eigenvalue weighted by Gasteiger charge is -2.24. The number of sulfone groups is 1. The first-order valence-electron chi connectivity index (χ1n) is 6.97. The number of anilines is 1. The van der Waals surface area contributed by atoms with Crippen LogP contribution >= 0.6 is 0 Å². The SMILES string of the molecule is O=S(=O)(c1ccc(CN(CCO)c2ccccc2)cc1)C(F)F. The smallest absolute Gasteiger partial charge is 0.341 e. The molecule has 0 fully saturated rings. The van der Waals surface area contributed by atoms with E-state index in [0.29, 0.717) is 13.1 Å². The maximum Gasteiger partial charge on any atom is 0.341 e. The van der Waals surface area contributed by atoms with Crippen molar-refractivity contribution in [2.75, 3.05) is 18.1 Å². The van der Waals surface area contributed by atoms with Gasteiger partial charge in [0.05, 0.1) is 11.5 Å². The molecule has 7 heteroatoms. The van der Waals surface area contributed by atoms with Crippen molar-refractivity contribution < 1.29 is 22.3 Å². The molecule has 2 aromatic carbocycles. The molecule has 0 bridgehead atoms. The molecule has 0 spiro atoms. The molecule has 0 heterocycles. The van der Waals surface area contributed by atoms with Gasteiger partial charge in [-0.05, 0) is 29.8 Å². The number of nitrogens with zero attached hydrogens (tertiary/aromatic N) is 1. The molecule has 0 saturated carbocycles. The molecule has 0 unspecified atom stereocenters. The summed E-state index contributed by atoms with van der Waals surface area (Å²) in [7, 11) is -4.57. The van der Waals surface area contributed by atoms with E-state index in [4.69, 9.17) is 0 Å². The fourth-order valence-corrected chi connectivity index (χ4v) is 2.89. The average molecular weight is 341 g/mol. The summed E-state index contributed by atoms with van der Waals surface area (Å²) in [5.74, 6) is -3.43. The predicted molar refractivity (Wildman–Crippen MR) is 84.2 cm³/mol. The van der Waals surface area contributed by atoms with Gasteiger partial charge in [0.15, 0.2) is 0 Å². The number of aliphatic hydroxyl groups is 1. The number of hydrogen-bond acceptors (Lipinski definition) is 4. The monoisotopic (exact) mass is 341 g/mol. The Balaban J connectivity index is 2.19. The van der Waals surface area contributed by atoms with Crippen LogP contribution in [0.5, 0.6) is 0 Å². The third kappa shape index (κ3) is 4.27. The quantitative estimate of drug-likeness (QED) is 0.841. The van der Waals surface area contributed by atoms with Gasteiger partial charge in [-0.1, -0.05) is 30.3 Å². The van der Waals surface area contributed by atoms with Gasteiger partial charge in [0.1, 0.15) is 0 Å². The van der Waals surface area contributed by atoms with Crippen LogP contribution in [0.2, 0.25) is 0 Å². The van der Waals surface area contributed by atoms with E-state index in [0.717, 1.165) is 11.3 Å². The largest absolute Gasteiger partial charge is 0.395 e. The van der Waals surface area contributed by atoms with Crippen molar-refractivity contribution in [1.29, 1.82) is 0 Å². The Labute approximate surface area is 133 Å². The van der Waals surface area contributed by atoms with Crippen molar-refractivity contribution in [2.24, 2.45) is 0 Å². The van der Waals surface area contributed by atoms with Crippen LogP contribution in [0.1, 0.15) is 5.56 Å². The van der Waals surface area contributed by atoms with Crippen molar-refractivity contribution in [2.45, 2.75) is 17.2 Å². The van der Waals surface area contributed by atoms with Crippen molar-refractivity contribution in [3.63, 3.8) is 0 Å². The van der Waals surface area contributed by atoms with E-state index in [2.05, 4.69) is 0 Å². The van der Waals surface area contributed by atoms with Crippen molar-refractivity contribution >= 4 is 15.5 Å². The first-order valence-corrected chi connectivity index (χ1v) is 8.51. The summed E-state index contributed by atoms with van der Waals surface area (Å²) >= 11 is 0. The summed E-state index contributed by atoms with van der Waals surface area (Å²) in [5, 5.41) is 9.18. The number of halogens is 2. The Hall–Kier alpha value is -1.99. The maximum absolute atomic E-state index is 12.5. The molecule has 23 heavy (non-hydrogen) atoms. The van der Waals surface area contributed by atoms with Gasteiger partial charge in [-0.2, -0.15) is 8.78 Å². The minimum Gasteiger partial charge on any atom is -0.395 e. The third-order valence-corrected chi connectivity index (χ3v) is 4.75. The minimum atomic E-state index is -4.57. The number of rotatable bonds is 7. The van der Waals surface area contributed by atoms with E-state index >= 15 is 0 Å². The highest BCUT2D eigenvalue weighted by Gasteiger charge is 2.26. The average Bonchev–Trinajstić information content (AvgIpc) is 2.55. The Morgan fingerprint density at radius 3 is 2.13 bits per heavy atom. The first-order chi connectivity index (χ1) is 10.9. The van der Waals surface area contributed by atoms with Crippen LogP contribution in [-0.2, 0) is 16.4 Å². The second-order valence-electron chi connectivity index (χ2n) is 4.93. The molecule has 0 atom stereocenters. The lowest BCUT2D eigenvalue weighted by atomic mass is 10.2. The zero-order valence-electron chi connectivity index (χ0n) is 12.3. The van der Waals surface area contributed by atoms with E-state index in [1.165, 1.54) is 24.3 Å². The number of aliphatic hydroxyl groups excluding tert-OH is 1. The molecule has 2 aromatic rings. The lowest BCUT2D eigenvalue weighted by Crippen LogP contribution is -2.26. The zero-order valence-corrected chi connectivity index (χ0v) is 13.1. The summed E-state index contributed by atoms with van der Waals surface area (Å²) in [5.41, 5.74) is 1.67. The van der Waals surface area contributed by atoms with Gasteiger partial charge in [-0.15, -0.1) is 0 Å². The molecule has 0 aliphatic rings. The maximum atomic E-state index is 12.5. The summed E-state index contributed by atoms with van der Waals surface area (Å²) < 4.78 is 47.8. The number of hydrogen-bond donors (Lipinski definition) is 1. The van der Waals surface area contributed by atoms with Gasteiger partial charge in [0.25, 0.3) is 0 Å². The molecule has 2 rings (SSSR count). The topological polar surface area (TPSA) is 57.6 Å². The van der Waals surface area contributed by atoms with E-state index in [1.54, 1.807) is 0 Å². The molecule has 0 aliphatic carbocycles. The van der Waals surface area contributed by atoms with Crippen LogP contribution in [0.15, 0.2) is 59.5 Å². The molecule has 4 nitrogen and oxygen atoms in total. The highest BCUT2D eigenvalue weighted by atomic mass is 32.2. The van der Waals surface area contributed by atoms with Gasteiger partial charge >= 0.3 is 5.76 Å². The van der Waals surface area contributed by atoms with Crippen molar-refractivity contribution in [3.8, 4) is 0 Å². The van der Waals surface area contributed by atoms with Crippen LogP contribution in [0, 0.1) is 0 Å². The highest BCUT2D eigenvalue weighted by Crippen LogP contribution is 2.21. The number of para-hydroxylation sites is 1. The van der Waals surface area contributed by atoms with Gasteiger partial charge in [0, 0.05) is 18.8 Å². The molecule has 1 N–H and O–H groups in total. The summed E-state index contributed by atoms with van der Waals surface area (Å²) in [6, 6.07) is 14.8. The lowest BCUT2D eigenvalue weighted by molar-refractivity contribution is 0.234. The molecule has 0 radical (unpaired) electrons. The molecule has 0 amide bonds. The van der Waals surface area contributed by atoms with Crippen LogP contribution in [0.25, 0.3) is 0 Å². The Kier molecular flexibility index (Phi) is 5.68. The van der Waals surface area contributed by atoms with Crippen molar-refractivity contribution in [1.82, 2.24) is 0 Å². The molecular weight excluding hydrogens is 324 g/mol. The van der Waals surface area contributed by atoms with Crippen LogP contribution < -0.4 is 4.90 Å². The molecule has 0 aliphatic heterocycles. The fourth-order valence-electron chi connectivity index (χ4n) is 2.17. The van der Waals surface area contributed by atoms with E-state index < -0.39 is 20.5 Å². The molecule has 0 aromatic heterocycles. The third-order valence-electron chi connectivity index (χ3n) is 3.35. The first kappa shape index (κ1) is 17.4. The van der Waals surface area contributed by atoms with E-state index in [9.17, 15) is 22.3 Å². The van der Waals surface area contributed by atoms with E-state index in [1.807, 2.05) is 35.2 Å². The zero-order chi connectivity index (χ0) is 16.9. The minimum absolute atomic E-state index is 0.0350. The van der Waals surface area contributed by atoms with Gasteiger partial charge in [-0.25, -0.2) is 8.42 Å². The van der Waals surface area contributed by atoms with Gasteiger partial charge < -0.3 is 10.0 Å². The van der Waals surface area contributed by atoms with Crippen LogP contribution in [0.3, 0.4) is 0 Å². The Bertz CT molecular complexity index is 719. The van der Waals surface area contributed by atoms with Crippen LogP contribution in [0.4, 0.5) is 14.5 Å². The second-order valence-corrected chi connectivity index (χ2v) is 6.85. The van der Waals surface area contributed by atoms with Crippen molar-refractivity contribution in [3.05, 3.63) is 60.2 Å². The summed E-state index contributed by atoms with van der Waals surface area (Å²) in [6.45, 7) is 0.799. The van der Waals surface area contributed by atoms with Crippen LogP contribution in [-0.4, -0.2) is 32.4 Å². The summed E-state index contributed by atoms with van der Waals surface area (Å²) in [6.07, 6.45) is 0. The fraction of sp³-hybridized carbons (Fsp3) is 0.250. The molecule has 0 saturated heterocycles. The number of alkyl halides is 2. The summed E-state index contributed by atoms with van der Waals surface area (Å²) in [4.78, 5) is 1.51. The van der Waals surface area contributed by atoms with E-state index in [-0.39, 0.29) is 6.61 Å².